The van der Waals surface area contributed by atoms with Crippen LogP contribution >= 0.6 is 0 Å². The number of aromatic nitrogens is 3. The van der Waals surface area contributed by atoms with Gasteiger partial charge in [0, 0.05) is 31.3 Å². The minimum atomic E-state index is -0.0612. The fraction of sp³-hybridized carbons (Fsp3) is 0.278. The van der Waals surface area contributed by atoms with Crippen LogP contribution in [0.5, 0.6) is 5.75 Å². The topological polar surface area (TPSA) is 60.2 Å². The number of carbonyl (C=O) groups excluding carboxylic acids is 1. The molecule has 0 saturated heterocycles. The second-order valence-electron chi connectivity index (χ2n) is 5.58. The predicted octanol–water partition coefficient (Wildman–Crippen LogP) is 2.73. The second-order valence-corrected chi connectivity index (χ2v) is 5.58. The number of nitrogens with zero attached hydrogens (tertiary/aromatic N) is 4. The Morgan fingerprint density at radius 2 is 2.04 bits per heavy atom. The molecule has 3 rings (SSSR count). The molecule has 24 heavy (non-hydrogen) atoms. The average Bonchev–Trinajstić information content (AvgIpc) is 3.03. The van der Waals surface area contributed by atoms with Gasteiger partial charge < -0.3 is 9.64 Å². The molecule has 6 heteroatoms. The Kier molecular flexibility index (Phi) is 4.46. The lowest BCUT2D eigenvalue weighted by molar-refractivity contribution is 0.0784. The van der Waals surface area contributed by atoms with Gasteiger partial charge in [-0.15, -0.1) is 5.10 Å². The van der Waals surface area contributed by atoms with Gasteiger partial charge in [-0.3, -0.25) is 4.79 Å². The quantitative estimate of drug-likeness (QED) is 0.724. The van der Waals surface area contributed by atoms with Gasteiger partial charge in [-0.2, -0.15) is 0 Å². The minimum Gasteiger partial charge on any atom is -0.496 e. The molecule has 1 heterocycles. The third-order valence-corrected chi connectivity index (χ3v) is 4.01. The number of ether oxygens (including phenoxy) is 1. The summed E-state index contributed by atoms with van der Waals surface area (Å²) >= 11 is 0. The monoisotopic (exact) mass is 324 g/mol. The lowest BCUT2D eigenvalue weighted by atomic mass is 10.1. The Morgan fingerprint density at radius 1 is 1.25 bits per heavy atom. The van der Waals surface area contributed by atoms with Gasteiger partial charge in [-0.1, -0.05) is 23.4 Å². The van der Waals surface area contributed by atoms with Crippen LogP contribution in [0.15, 0.2) is 42.5 Å². The van der Waals surface area contributed by atoms with E-state index in [0.29, 0.717) is 12.1 Å². The lowest BCUT2D eigenvalue weighted by Gasteiger charge is -2.19. The molecule has 0 spiro atoms. The summed E-state index contributed by atoms with van der Waals surface area (Å²) in [7, 11) is 3.41. The summed E-state index contributed by atoms with van der Waals surface area (Å²) in [6, 6.07) is 13.2. The maximum Gasteiger partial charge on any atom is 0.253 e. The lowest BCUT2D eigenvalue weighted by Crippen LogP contribution is -2.26. The van der Waals surface area contributed by atoms with E-state index < -0.39 is 0 Å². The van der Waals surface area contributed by atoms with Crippen molar-refractivity contribution < 1.29 is 9.53 Å². The highest BCUT2D eigenvalue weighted by atomic mass is 16.5. The molecule has 0 radical (unpaired) electrons. The molecule has 2 aromatic carbocycles. The van der Waals surface area contributed by atoms with Gasteiger partial charge in [0.05, 0.1) is 12.6 Å². The van der Waals surface area contributed by atoms with Gasteiger partial charge in [-0.05, 0) is 31.2 Å². The number of methoxy groups -OCH3 is 1. The van der Waals surface area contributed by atoms with Crippen molar-refractivity contribution in [2.24, 2.45) is 0 Å². The molecule has 0 N–H and O–H groups in total. The highest BCUT2D eigenvalue weighted by Crippen LogP contribution is 2.20. The molecule has 6 nitrogen and oxygen atoms in total. The number of carbonyl (C=O) groups is 1. The summed E-state index contributed by atoms with van der Waals surface area (Å²) in [5, 5.41) is 8.20. The Morgan fingerprint density at radius 3 is 2.79 bits per heavy atom. The summed E-state index contributed by atoms with van der Waals surface area (Å²) in [5.74, 6) is 0.715. The normalized spacial score (nSPS) is 10.8. The van der Waals surface area contributed by atoms with Crippen molar-refractivity contribution >= 4 is 16.9 Å². The van der Waals surface area contributed by atoms with E-state index in [-0.39, 0.29) is 5.91 Å². The molecule has 0 fully saturated rings. The number of para-hydroxylation sites is 1. The van der Waals surface area contributed by atoms with Gasteiger partial charge in [0.2, 0.25) is 0 Å². The summed E-state index contributed by atoms with van der Waals surface area (Å²) < 4.78 is 7.15. The zero-order chi connectivity index (χ0) is 17.1. The van der Waals surface area contributed by atoms with Gasteiger partial charge in [-0.25, -0.2) is 4.68 Å². The zero-order valence-electron chi connectivity index (χ0n) is 14.1. The maximum atomic E-state index is 12.7. The van der Waals surface area contributed by atoms with Crippen molar-refractivity contribution in [3.8, 4) is 5.75 Å². The molecule has 3 aromatic rings. The Labute approximate surface area is 140 Å². The molecule has 0 saturated carbocycles. The van der Waals surface area contributed by atoms with E-state index >= 15 is 0 Å². The standard InChI is InChI=1S/C18H20N4O2/c1-4-22-16-10-9-13(11-15(16)19-20-22)18(23)21(2)12-14-7-5-6-8-17(14)24-3/h5-11H,4,12H2,1-3H3. The number of fused-ring (bicyclic) bond motifs is 1. The van der Waals surface area contributed by atoms with E-state index in [9.17, 15) is 4.79 Å². The molecule has 0 aliphatic heterocycles. The van der Waals surface area contributed by atoms with E-state index in [4.69, 9.17) is 4.74 Å². The molecule has 124 valence electrons. The number of rotatable bonds is 5. The van der Waals surface area contributed by atoms with Crippen LogP contribution in [0.4, 0.5) is 0 Å². The van der Waals surface area contributed by atoms with Crippen LogP contribution < -0.4 is 4.74 Å². The van der Waals surface area contributed by atoms with Crippen molar-refractivity contribution in [3.05, 3.63) is 53.6 Å². The highest BCUT2D eigenvalue weighted by Gasteiger charge is 2.15. The third kappa shape index (κ3) is 2.95. The number of hydrogen-bond acceptors (Lipinski definition) is 4. The van der Waals surface area contributed by atoms with Gasteiger partial charge >= 0.3 is 0 Å². The first-order valence-corrected chi connectivity index (χ1v) is 7.84. The first-order chi connectivity index (χ1) is 11.6. The van der Waals surface area contributed by atoms with Gasteiger partial charge in [0.25, 0.3) is 5.91 Å². The van der Waals surface area contributed by atoms with E-state index in [2.05, 4.69) is 10.3 Å². The first kappa shape index (κ1) is 16.0. The average molecular weight is 324 g/mol. The first-order valence-electron chi connectivity index (χ1n) is 7.84. The Hall–Kier alpha value is -2.89. The number of benzene rings is 2. The summed E-state index contributed by atoms with van der Waals surface area (Å²) in [4.78, 5) is 14.4. The van der Waals surface area contributed by atoms with Crippen molar-refractivity contribution in [3.63, 3.8) is 0 Å². The molecular formula is C18H20N4O2. The summed E-state index contributed by atoms with van der Waals surface area (Å²) in [5.41, 5.74) is 3.23. The smallest absolute Gasteiger partial charge is 0.253 e. The van der Waals surface area contributed by atoms with Crippen LogP contribution in [0, 0.1) is 0 Å². The molecular weight excluding hydrogens is 304 g/mol. The second kappa shape index (κ2) is 6.70. The van der Waals surface area contributed by atoms with Crippen molar-refractivity contribution in [1.29, 1.82) is 0 Å². The van der Waals surface area contributed by atoms with Crippen LogP contribution in [0.1, 0.15) is 22.8 Å². The molecule has 0 atom stereocenters. The largest absolute Gasteiger partial charge is 0.496 e. The van der Waals surface area contributed by atoms with E-state index in [1.807, 2.05) is 48.0 Å². The molecule has 0 aliphatic rings. The Balaban J connectivity index is 1.82. The zero-order valence-corrected chi connectivity index (χ0v) is 14.1. The van der Waals surface area contributed by atoms with Crippen LogP contribution in [-0.2, 0) is 13.1 Å². The van der Waals surface area contributed by atoms with Crippen LogP contribution in [0.25, 0.3) is 11.0 Å². The van der Waals surface area contributed by atoms with Crippen LogP contribution in [0.2, 0.25) is 0 Å². The number of amides is 1. The molecule has 0 unspecified atom stereocenters. The predicted molar refractivity (Wildman–Crippen MR) is 92.0 cm³/mol. The maximum absolute atomic E-state index is 12.7. The molecule has 0 aliphatic carbocycles. The fourth-order valence-corrected chi connectivity index (χ4v) is 2.72. The molecule has 1 amide bonds. The molecule has 0 bridgehead atoms. The summed E-state index contributed by atoms with van der Waals surface area (Å²) in [6.45, 7) is 3.23. The van der Waals surface area contributed by atoms with Crippen molar-refractivity contribution in [2.75, 3.05) is 14.2 Å². The van der Waals surface area contributed by atoms with Crippen molar-refractivity contribution in [1.82, 2.24) is 19.9 Å². The van der Waals surface area contributed by atoms with Crippen LogP contribution in [-0.4, -0.2) is 40.0 Å². The fourth-order valence-electron chi connectivity index (χ4n) is 2.72. The van der Waals surface area contributed by atoms with Crippen molar-refractivity contribution in [2.45, 2.75) is 20.0 Å². The number of hydrogen-bond donors (Lipinski definition) is 0. The van der Waals surface area contributed by atoms with E-state index in [0.717, 1.165) is 28.9 Å². The SMILES string of the molecule is CCn1nnc2cc(C(=O)N(C)Cc3ccccc3OC)ccc21. The van der Waals surface area contributed by atoms with Crippen LogP contribution in [0.3, 0.4) is 0 Å². The Bertz CT molecular complexity index is 872. The minimum absolute atomic E-state index is 0.0612. The highest BCUT2D eigenvalue weighted by molar-refractivity contribution is 5.97. The summed E-state index contributed by atoms with van der Waals surface area (Å²) in [6.07, 6.45) is 0. The van der Waals surface area contributed by atoms with E-state index in [1.54, 1.807) is 25.1 Å². The van der Waals surface area contributed by atoms with E-state index in [1.165, 1.54) is 0 Å². The number of aryl methyl sites for hydroxylation is 1. The third-order valence-electron chi connectivity index (χ3n) is 4.01. The van der Waals surface area contributed by atoms with Gasteiger partial charge in [0.1, 0.15) is 11.3 Å². The molecule has 1 aromatic heterocycles. The van der Waals surface area contributed by atoms with Gasteiger partial charge in [0.15, 0.2) is 0 Å².